The van der Waals surface area contributed by atoms with E-state index in [9.17, 15) is 0 Å². The van der Waals surface area contributed by atoms with Crippen molar-refractivity contribution in [1.29, 1.82) is 0 Å². The zero-order valence-corrected chi connectivity index (χ0v) is 13.2. The molecular formula is C18H18N2O3. The lowest BCUT2D eigenvalue weighted by molar-refractivity contribution is 0.414. The summed E-state index contributed by atoms with van der Waals surface area (Å²) in [4.78, 5) is 0. The number of hydrogen-bond acceptors (Lipinski definition) is 5. The van der Waals surface area contributed by atoms with Crippen LogP contribution in [0.2, 0.25) is 0 Å². The van der Waals surface area contributed by atoms with E-state index in [1.807, 2.05) is 48.5 Å². The summed E-state index contributed by atoms with van der Waals surface area (Å²) < 4.78 is 16.0. The molecule has 0 spiro atoms. The summed E-state index contributed by atoms with van der Waals surface area (Å²) in [5.74, 6) is 2.89. The highest BCUT2D eigenvalue weighted by atomic mass is 16.5. The molecule has 118 valence electrons. The number of benzene rings is 2. The monoisotopic (exact) mass is 310 g/mol. The van der Waals surface area contributed by atoms with Crippen LogP contribution in [0.3, 0.4) is 0 Å². The zero-order chi connectivity index (χ0) is 16.1. The molecule has 0 saturated heterocycles. The Morgan fingerprint density at radius 1 is 0.696 bits per heavy atom. The average molecular weight is 310 g/mol. The average Bonchev–Trinajstić information content (AvgIpc) is 3.03. The minimum atomic E-state index is 0.610. The van der Waals surface area contributed by atoms with Gasteiger partial charge in [0.1, 0.15) is 11.5 Å². The number of methoxy groups -OCH3 is 2. The molecule has 23 heavy (non-hydrogen) atoms. The Labute approximate surface area is 134 Å². The molecule has 1 aromatic heterocycles. The maximum absolute atomic E-state index is 5.72. The number of rotatable bonds is 6. The third-order valence-electron chi connectivity index (χ3n) is 3.54. The molecule has 3 rings (SSSR count). The van der Waals surface area contributed by atoms with Gasteiger partial charge in [0.25, 0.3) is 0 Å². The van der Waals surface area contributed by atoms with Crippen molar-refractivity contribution in [2.75, 3.05) is 14.2 Å². The molecule has 0 saturated carbocycles. The van der Waals surface area contributed by atoms with E-state index in [-0.39, 0.29) is 0 Å². The molecule has 0 aliphatic heterocycles. The molecule has 0 N–H and O–H groups in total. The second kappa shape index (κ2) is 6.96. The van der Waals surface area contributed by atoms with Gasteiger partial charge in [0, 0.05) is 0 Å². The molecule has 0 fully saturated rings. The predicted molar refractivity (Wildman–Crippen MR) is 85.9 cm³/mol. The third-order valence-corrected chi connectivity index (χ3v) is 3.54. The van der Waals surface area contributed by atoms with E-state index in [0.29, 0.717) is 24.6 Å². The van der Waals surface area contributed by atoms with Crippen molar-refractivity contribution in [3.05, 3.63) is 71.4 Å². The Bertz CT molecular complexity index is 685. The third kappa shape index (κ3) is 3.88. The van der Waals surface area contributed by atoms with Crippen molar-refractivity contribution in [2.24, 2.45) is 0 Å². The summed E-state index contributed by atoms with van der Waals surface area (Å²) in [6.45, 7) is 0. The fourth-order valence-corrected chi connectivity index (χ4v) is 2.27. The van der Waals surface area contributed by atoms with Gasteiger partial charge in [-0.05, 0) is 35.4 Å². The fraction of sp³-hybridized carbons (Fsp3) is 0.222. The normalized spacial score (nSPS) is 10.5. The number of nitrogens with zero attached hydrogens (tertiary/aromatic N) is 2. The second-order valence-electron chi connectivity index (χ2n) is 5.14. The maximum Gasteiger partial charge on any atom is 0.220 e. The Morgan fingerprint density at radius 2 is 1.09 bits per heavy atom. The van der Waals surface area contributed by atoms with Gasteiger partial charge in [-0.3, -0.25) is 0 Å². The molecule has 0 aliphatic carbocycles. The van der Waals surface area contributed by atoms with Crippen molar-refractivity contribution in [3.63, 3.8) is 0 Å². The lowest BCUT2D eigenvalue weighted by Gasteiger charge is -2.01. The van der Waals surface area contributed by atoms with Crippen LogP contribution in [-0.4, -0.2) is 24.4 Å². The van der Waals surface area contributed by atoms with Crippen LogP contribution in [0.25, 0.3) is 0 Å². The molecule has 5 nitrogen and oxygen atoms in total. The Kier molecular flexibility index (Phi) is 4.57. The van der Waals surface area contributed by atoms with E-state index < -0.39 is 0 Å². The van der Waals surface area contributed by atoms with E-state index in [4.69, 9.17) is 13.9 Å². The van der Waals surface area contributed by atoms with Crippen molar-refractivity contribution < 1.29 is 13.9 Å². The van der Waals surface area contributed by atoms with E-state index in [1.54, 1.807) is 14.2 Å². The summed E-state index contributed by atoms with van der Waals surface area (Å²) >= 11 is 0. The first-order valence-corrected chi connectivity index (χ1v) is 7.34. The molecule has 0 amide bonds. The van der Waals surface area contributed by atoms with Gasteiger partial charge >= 0.3 is 0 Å². The van der Waals surface area contributed by atoms with Crippen molar-refractivity contribution in [2.45, 2.75) is 12.8 Å². The Balaban J connectivity index is 1.64. The number of aromatic nitrogens is 2. The largest absolute Gasteiger partial charge is 0.497 e. The maximum atomic E-state index is 5.72. The highest BCUT2D eigenvalue weighted by molar-refractivity contribution is 5.29. The van der Waals surface area contributed by atoms with Gasteiger partial charge in [-0.15, -0.1) is 10.2 Å². The summed E-state index contributed by atoms with van der Waals surface area (Å²) in [6.07, 6.45) is 1.22. The van der Waals surface area contributed by atoms with E-state index in [0.717, 1.165) is 22.6 Å². The van der Waals surface area contributed by atoms with Crippen molar-refractivity contribution in [3.8, 4) is 11.5 Å². The summed E-state index contributed by atoms with van der Waals surface area (Å²) in [5, 5.41) is 8.22. The van der Waals surface area contributed by atoms with Crippen LogP contribution in [0.4, 0.5) is 0 Å². The van der Waals surface area contributed by atoms with Crippen LogP contribution in [0, 0.1) is 0 Å². The molecule has 0 unspecified atom stereocenters. The first-order chi connectivity index (χ1) is 11.3. The Hall–Kier alpha value is -2.82. The minimum Gasteiger partial charge on any atom is -0.497 e. The van der Waals surface area contributed by atoms with Gasteiger partial charge in [-0.1, -0.05) is 24.3 Å². The van der Waals surface area contributed by atoms with Crippen LogP contribution in [-0.2, 0) is 12.8 Å². The quantitative estimate of drug-likeness (QED) is 0.699. The van der Waals surface area contributed by atoms with Crippen molar-refractivity contribution in [1.82, 2.24) is 10.2 Å². The Morgan fingerprint density at radius 3 is 1.43 bits per heavy atom. The van der Waals surface area contributed by atoms with Gasteiger partial charge < -0.3 is 13.9 Å². The molecule has 0 radical (unpaired) electrons. The fourth-order valence-electron chi connectivity index (χ4n) is 2.27. The van der Waals surface area contributed by atoms with Crippen molar-refractivity contribution >= 4 is 0 Å². The second-order valence-corrected chi connectivity index (χ2v) is 5.14. The molecule has 0 atom stereocenters. The molecule has 1 heterocycles. The summed E-state index contributed by atoms with van der Waals surface area (Å²) in [7, 11) is 3.30. The van der Waals surface area contributed by atoms with Crippen LogP contribution < -0.4 is 9.47 Å². The molecule has 0 bridgehead atoms. The van der Waals surface area contributed by atoms with Crippen LogP contribution in [0.15, 0.2) is 52.9 Å². The minimum absolute atomic E-state index is 0.610. The predicted octanol–water partition coefficient (Wildman–Crippen LogP) is 3.27. The topological polar surface area (TPSA) is 57.4 Å². The zero-order valence-electron chi connectivity index (χ0n) is 13.2. The molecule has 0 aliphatic rings. The van der Waals surface area contributed by atoms with Gasteiger partial charge in [-0.2, -0.15) is 0 Å². The molecule has 2 aromatic carbocycles. The van der Waals surface area contributed by atoms with Gasteiger partial charge in [0.2, 0.25) is 11.8 Å². The molecule has 3 aromatic rings. The lowest BCUT2D eigenvalue weighted by atomic mass is 10.1. The summed E-state index contributed by atoms with van der Waals surface area (Å²) in [5.41, 5.74) is 2.20. The molecule has 5 heteroatoms. The van der Waals surface area contributed by atoms with E-state index >= 15 is 0 Å². The number of ether oxygens (including phenoxy) is 2. The van der Waals surface area contributed by atoms with E-state index in [2.05, 4.69) is 10.2 Å². The van der Waals surface area contributed by atoms with Crippen LogP contribution in [0.5, 0.6) is 11.5 Å². The lowest BCUT2D eigenvalue weighted by Crippen LogP contribution is -1.89. The van der Waals surface area contributed by atoms with Crippen LogP contribution >= 0.6 is 0 Å². The van der Waals surface area contributed by atoms with Gasteiger partial charge in [0.05, 0.1) is 27.1 Å². The van der Waals surface area contributed by atoms with Gasteiger partial charge in [0.15, 0.2) is 0 Å². The van der Waals surface area contributed by atoms with Gasteiger partial charge in [-0.25, -0.2) is 0 Å². The SMILES string of the molecule is COc1ccc(Cc2nnc(Cc3ccc(OC)cc3)o2)cc1. The standard InChI is InChI=1S/C18H18N2O3/c1-21-15-7-3-13(4-8-15)11-17-19-20-18(23-17)12-14-5-9-16(22-2)10-6-14/h3-10H,11-12H2,1-2H3. The van der Waals surface area contributed by atoms with E-state index in [1.165, 1.54) is 0 Å². The first kappa shape index (κ1) is 15.1. The highest BCUT2D eigenvalue weighted by Crippen LogP contribution is 2.17. The summed E-state index contributed by atoms with van der Waals surface area (Å²) in [6, 6.07) is 15.7. The molecular weight excluding hydrogens is 292 g/mol. The number of hydrogen-bond donors (Lipinski definition) is 0. The highest BCUT2D eigenvalue weighted by Gasteiger charge is 2.08. The smallest absolute Gasteiger partial charge is 0.220 e. The van der Waals surface area contributed by atoms with Crippen LogP contribution in [0.1, 0.15) is 22.9 Å². The first-order valence-electron chi connectivity index (χ1n) is 7.34.